The molecule has 0 saturated heterocycles. The second-order valence-electron chi connectivity index (χ2n) is 5.81. The Morgan fingerprint density at radius 3 is 2.59 bits per heavy atom. The maximum absolute atomic E-state index is 13.3. The molecular weight excluding hydrogens is 361 g/mol. The Labute approximate surface area is 153 Å². The number of aliphatic hydroxyl groups excluding tert-OH is 1. The summed E-state index contributed by atoms with van der Waals surface area (Å²) in [6, 6.07) is 4.42. The number of carbonyl (C=O) groups excluding carboxylic acids is 2. The van der Waals surface area contributed by atoms with Gasteiger partial charge in [-0.1, -0.05) is 0 Å². The van der Waals surface area contributed by atoms with Crippen LogP contribution in [0.4, 0.5) is 15.8 Å². The van der Waals surface area contributed by atoms with Gasteiger partial charge in [-0.05, 0) is 38.5 Å². The van der Waals surface area contributed by atoms with Gasteiger partial charge in [0, 0.05) is 23.9 Å². The van der Waals surface area contributed by atoms with Gasteiger partial charge in [-0.15, -0.1) is 0 Å². The van der Waals surface area contributed by atoms with Crippen molar-refractivity contribution >= 4 is 23.2 Å². The number of carbonyl (C=O) groups is 2. The van der Waals surface area contributed by atoms with Crippen molar-refractivity contribution in [3.05, 3.63) is 57.3 Å². The first-order chi connectivity index (χ1) is 12.7. The number of furan rings is 1. The summed E-state index contributed by atoms with van der Waals surface area (Å²) < 4.78 is 18.6. The molecule has 1 atom stereocenters. The summed E-state index contributed by atoms with van der Waals surface area (Å²) in [5, 5.41) is 25.3. The lowest BCUT2D eigenvalue weighted by Crippen LogP contribution is -2.36. The zero-order valence-electron chi connectivity index (χ0n) is 14.6. The van der Waals surface area contributed by atoms with Crippen LogP contribution >= 0.6 is 0 Å². The monoisotopic (exact) mass is 379 g/mol. The summed E-state index contributed by atoms with van der Waals surface area (Å²) in [7, 11) is 0. The molecule has 1 aromatic heterocycles. The van der Waals surface area contributed by atoms with E-state index in [4.69, 9.17) is 4.42 Å². The molecule has 10 heteroatoms. The van der Waals surface area contributed by atoms with Crippen LogP contribution in [-0.2, 0) is 9.59 Å². The normalized spacial score (nSPS) is 11.7. The van der Waals surface area contributed by atoms with Crippen LogP contribution in [0.3, 0.4) is 0 Å². The summed E-state index contributed by atoms with van der Waals surface area (Å²) >= 11 is 0. The lowest BCUT2D eigenvalue weighted by molar-refractivity contribution is -0.387. The summed E-state index contributed by atoms with van der Waals surface area (Å²) in [5.74, 6) is -1.89. The van der Waals surface area contributed by atoms with Gasteiger partial charge in [0.15, 0.2) is 0 Å². The standard InChI is InChI=1S/C17H18FN3O6/c1-9-7-12(10(2)27-9)15(22)5-6-19-16(23)17(24)20-11-3-4-13(18)14(8-11)21(25)26/h3-4,7-8,15,22H,5-6H2,1-2H3,(H,19,23)(H,20,24). The third kappa shape index (κ3) is 5.11. The van der Waals surface area contributed by atoms with Gasteiger partial charge in [0.2, 0.25) is 5.82 Å². The number of benzene rings is 1. The summed E-state index contributed by atoms with van der Waals surface area (Å²) in [4.78, 5) is 33.4. The van der Waals surface area contributed by atoms with Crippen molar-refractivity contribution in [1.29, 1.82) is 0 Å². The van der Waals surface area contributed by atoms with Gasteiger partial charge in [0.1, 0.15) is 11.5 Å². The van der Waals surface area contributed by atoms with Crippen molar-refractivity contribution in [3.8, 4) is 0 Å². The van der Waals surface area contributed by atoms with E-state index in [0.717, 1.165) is 18.2 Å². The van der Waals surface area contributed by atoms with Crippen molar-refractivity contribution in [2.24, 2.45) is 0 Å². The molecule has 1 heterocycles. The zero-order chi connectivity index (χ0) is 20.1. The Balaban J connectivity index is 1.87. The Morgan fingerprint density at radius 1 is 1.30 bits per heavy atom. The number of nitrogens with zero attached hydrogens (tertiary/aromatic N) is 1. The molecule has 0 aliphatic rings. The minimum Gasteiger partial charge on any atom is -0.466 e. The highest BCUT2D eigenvalue weighted by Crippen LogP contribution is 2.23. The molecule has 2 rings (SSSR count). The molecule has 0 radical (unpaired) electrons. The van der Waals surface area contributed by atoms with E-state index >= 15 is 0 Å². The smallest absolute Gasteiger partial charge is 0.313 e. The zero-order valence-corrected chi connectivity index (χ0v) is 14.6. The second-order valence-corrected chi connectivity index (χ2v) is 5.81. The lowest BCUT2D eigenvalue weighted by Gasteiger charge is -2.10. The highest BCUT2D eigenvalue weighted by molar-refractivity contribution is 6.39. The molecule has 27 heavy (non-hydrogen) atoms. The first-order valence-corrected chi connectivity index (χ1v) is 7.97. The van der Waals surface area contributed by atoms with E-state index in [0.29, 0.717) is 17.1 Å². The van der Waals surface area contributed by atoms with E-state index in [1.165, 1.54) is 0 Å². The van der Waals surface area contributed by atoms with Gasteiger partial charge in [-0.25, -0.2) is 0 Å². The second kappa shape index (κ2) is 8.41. The summed E-state index contributed by atoms with van der Waals surface area (Å²) in [6.45, 7) is 3.47. The fourth-order valence-corrected chi connectivity index (χ4v) is 2.46. The number of aryl methyl sites for hydroxylation is 2. The van der Waals surface area contributed by atoms with E-state index in [2.05, 4.69) is 10.6 Å². The Kier molecular flexibility index (Phi) is 6.24. The van der Waals surface area contributed by atoms with Gasteiger partial charge < -0.3 is 20.2 Å². The molecule has 1 aromatic carbocycles. The van der Waals surface area contributed by atoms with Crippen LogP contribution in [0.25, 0.3) is 0 Å². The highest BCUT2D eigenvalue weighted by Gasteiger charge is 2.19. The van der Waals surface area contributed by atoms with Crippen LogP contribution in [0.2, 0.25) is 0 Å². The first-order valence-electron chi connectivity index (χ1n) is 7.97. The fourth-order valence-electron chi connectivity index (χ4n) is 2.46. The maximum Gasteiger partial charge on any atom is 0.313 e. The van der Waals surface area contributed by atoms with Gasteiger partial charge in [-0.3, -0.25) is 19.7 Å². The number of hydrogen-bond donors (Lipinski definition) is 3. The van der Waals surface area contributed by atoms with Gasteiger partial charge in [0.25, 0.3) is 0 Å². The Hall–Kier alpha value is -3.27. The number of nitro groups is 1. The van der Waals surface area contributed by atoms with Crippen molar-refractivity contribution in [1.82, 2.24) is 5.32 Å². The van der Waals surface area contributed by atoms with Gasteiger partial charge >= 0.3 is 17.5 Å². The van der Waals surface area contributed by atoms with Crippen LogP contribution in [-0.4, -0.2) is 28.4 Å². The van der Waals surface area contributed by atoms with Crippen LogP contribution < -0.4 is 10.6 Å². The van der Waals surface area contributed by atoms with E-state index in [1.54, 1.807) is 19.9 Å². The van der Waals surface area contributed by atoms with Crippen molar-refractivity contribution < 1.29 is 28.4 Å². The minimum absolute atomic E-state index is 0.0145. The van der Waals surface area contributed by atoms with Crippen molar-refractivity contribution in [2.75, 3.05) is 11.9 Å². The molecule has 0 saturated carbocycles. The van der Waals surface area contributed by atoms with Crippen molar-refractivity contribution in [3.63, 3.8) is 0 Å². The lowest BCUT2D eigenvalue weighted by atomic mass is 10.1. The number of nitrogens with one attached hydrogen (secondary N) is 2. The summed E-state index contributed by atoms with van der Waals surface area (Å²) in [5.41, 5.74) is -0.306. The predicted octanol–water partition coefficient (Wildman–Crippen LogP) is 2.12. The number of hydrogen-bond acceptors (Lipinski definition) is 6. The van der Waals surface area contributed by atoms with Crippen LogP contribution in [0, 0.1) is 29.8 Å². The molecule has 0 aliphatic heterocycles. The predicted molar refractivity (Wildman–Crippen MR) is 92.5 cm³/mol. The molecule has 144 valence electrons. The maximum atomic E-state index is 13.3. The molecule has 0 aliphatic carbocycles. The molecule has 0 fully saturated rings. The van der Waals surface area contributed by atoms with Crippen molar-refractivity contribution in [2.45, 2.75) is 26.4 Å². The first kappa shape index (κ1) is 20.0. The van der Waals surface area contributed by atoms with Gasteiger partial charge in [-0.2, -0.15) is 4.39 Å². The average Bonchev–Trinajstić information content (AvgIpc) is 2.94. The van der Waals surface area contributed by atoms with Gasteiger partial charge in [0.05, 0.1) is 11.0 Å². The topological polar surface area (TPSA) is 135 Å². The average molecular weight is 379 g/mol. The minimum atomic E-state index is -1.07. The van der Waals surface area contributed by atoms with E-state index in [9.17, 15) is 29.2 Å². The molecule has 2 amide bonds. The highest BCUT2D eigenvalue weighted by atomic mass is 19.1. The largest absolute Gasteiger partial charge is 0.466 e. The molecule has 1 unspecified atom stereocenters. The quantitative estimate of drug-likeness (QED) is 0.400. The molecule has 0 spiro atoms. The third-order valence-corrected chi connectivity index (χ3v) is 3.75. The number of rotatable bonds is 6. The molecule has 3 N–H and O–H groups in total. The molecule has 2 aromatic rings. The number of amides is 2. The number of halogens is 1. The van der Waals surface area contributed by atoms with Crippen LogP contribution in [0.5, 0.6) is 0 Å². The van der Waals surface area contributed by atoms with Crippen LogP contribution in [0.1, 0.15) is 29.6 Å². The van der Waals surface area contributed by atoms with E-state index in [-0.39, 0.29) is 18.7 Å². The molecular formula is C17H18FN3O6. The van der Waals surface area contributed by atoms with E-state index in [1.807, 2.05) is 0 Å². The molecule has 9 nitrogen and oxygen atoms in total. The van der Waals surface area contributed by atoms with E-state index < -0.39 is 34.3 Å². The molecule has 0 bridgehead atoms. The fraction of sp³-hybridized carbons (Fsp3) is 0.294. The Bertz CT molecular complexity index is 880. The van der Waals surface area contributed by atoms with Crippen LogP contribution in [0.15, 0.2) is 28.7 Å². The Morgan fingerprint density at radius 2 is 2.00 bits per heavy atom. The third-order valence-electron chi connectivity index (χ3n) is 3.75. The number of aliphatic hydroxyl groups is 1. The summed E-state index contributed by atoms with van der Waals surface area (Å²) in [6.07, 6.45) is -0.716. The SMILES string of the molecule is Cc1cc(C(O)CCNC(=O)C(=O)Nc2ccc(F)c([N+](=O)[O-])c2)c(C)o1. The number of anilines is 1. The number of nitro benzene ring substituents is 1.